The van der Waals surface area contributed by atoms with Crippen LogP contribution in [-0.4, -0.2) is 11.2 Å². The Kier molecular flexibility index (Phi) is 1.91. The summed E-state index contributed by atoms with van der Waals surface area (Å²) in [5.41, 5.74) is 2.87. The van der Waals surface area contributed by atoms with Crippen LogP contribution in [0.5, 0.6) is 0 Å². The molecule has 0 aromatic carbocycles. The van der Waals surface area contributed by atoms with E-state index < -0.39 is 0 Å². The van der Waals surface area contributed by atoms with Crippen LogP contribution >= 0.6 is 0 Å². The predicted molar refractivity (Wildman–Crippen MR) is 38.2 cm³/mol. The van der Waals surface area contributed by atoms with E-state index in [9.17, 15) is 0 Å². The number of hydrogen-bond donors (Lipinski definition) is 1. The molecule has 1 rings (SSSR count). The van der Waals surface area contributed by atoms with Crippen molar-refractivity contribution in [2.45, 2.75) is 39.2 Å². The van der Waals surface area contributed by atoms with Crippen molar-refractivity contribution < 1.29 is 5.11 Å². The molecule has 0 saturated carbocycles. The molecule has 0 aromatic heterocycles. The molecule has 1 aliphatic carbocycles. The molecular formula is C8H14O. The number of hydrogen-bond acceptors (Lipinski definition) is 1. The van der Waals surface area contributed by atoms with Gasteiger partial charge in [-0.2, -0.15) is 0 Å². The highest BCUT2D eigenvalue weighted by Crippen LogP contribution is 2.27. The second-order valence-electron chi connectivity index (χ2n) is 2.80. The van der Waals surface area contributed by atoms with Crippen LogP contribution in [0.3, 0.4) is 0 Å². The van der Waals surface area contributed by atoms with Crippen LogP contribution in [0.25, 0.3) is 0 Å². The predicted octanol–water partition coefficient (Wildman–Crippen LogP) is 1.87. The van der Waals surface area contributed by atoms with E-state index in [2.05, 4.69) is 13.8 Å². The van der Waals surface area contributed by atoms with Crippen molar-refractivity contribution >= 4 is 0 Å². The van der Waals surface area contributed by atoms with Crippen molar-refractivity contribution in [1.82, 2.24) is 0 Å². The molecule has 0 heterocycles. The average molecular weight is 126 g/mol. The highest BCUT2D eigenvalue weighted by molar-refractivity contribution is 5.19. The lowest BCUT2D eigenvalue weighted by molar-refractivity contribution is 0.185. The summed E-state index contributed by atoms with van der Waals surface area (Å²) in [5, 5.41) is 9.16. The van der Waals surface area contributed by atoms with Gasteiger partial charge in [-0.3, -0.25) is 0 Å². The van der Waals surface area contributed by atoms with Gasteiger partial charge in [0.25, 0.3) is 0 Å². The molecule has 0 aromatic rings. The zero-order valence-corrected chi connectivity index (χ0v) is 6.15. The normalized spacial score (nSPS) is 27.7. The van der Waals surface area contributed by atoms with Crippen LogP contribution in [0, 0.1) is 0 Å². The van der Waals surface area contributed by atoms with Gasteiger partial charge < -0.3 is 5.11 Å². The minimum Gasteiger partial charge on any atom is -0.392 e. The third-order valence-corrected chi connectivity index (χ3v) is 2.05. The van der Waals surface area contributed by atoms with E-state index in [1.807, 2.05) is 0 Å². The number of aliphatic hydroxyl groups is 1. The van der Waals surface area contributed by atoms with Gasteiger partial charge in [-0.25, -0.2) is 0 Å². The number of rotatable bonds is 1. The van der Waals surface area contributed by atoms with Crippen molar-refractivity contribution in [2.24, 2.45) is 0 Å². The lowest BCUT2D eigenvalue weighted by Gasteiger charge is -1.97. The van der Waals surface area contributed by atoms with Crippen molar-refractivity contribution in [3.05, 3.63) is 11.1 Å². The Morgan fingerprint density at radius 2 is 2.22 bits per heavy atom. The molecular weight excluding hydrogens is 112 g/mol. The Morgan fingerprint density at radius 3 is 2.44 bits per heavy atom. The maximum atomic E-state index is 9.16. The van der Waals surface area contributed by atoms with Gasteiger partial charge in [-0.1, -0.05) is 18.1 Å². The van der Waals surface area contributed by atoms with E-state index in [1.54, 1.807) is 0 Å². The minimum absolute atomic E-state index is 0.0695. The fraction of sp³-hybridized carbons (Fsp3) is 0.750. The SMILES string of the molecule is CCC1=C(C)C[C@H](O)C1. The lowest BCUT2D eigenvalue weighted by Crippen LogP contribution is -1.98. The number of aliphatic hydroxyl groups excluding tert-OH is 1. The summed E-state index contributed by atoms with van der Waals surface area (Å²) < 4.78 is 0. The molecule has 1 nitrogen and oxygen atoms in total. The van der Waals surface area contributed by atoms with E-state index in [0.29, 0.717) is 0 Å². The summed E-state index contributed by atoms with van der Waals surface area (Å²) in [6.07, 6.45) is 2.87. The Morgan fingerprint density at radius 1 is 1.56 bits per heavy atom. The maximum Gasteiger partial charge on any atom is 0.0614 e. The molecule has 0 unspecified atom stereocenters. The molecule has 9 heavy (non-hydrogen) atoms. The zero-order chi connectivity index (χ0) is 6.85. The maximum absolute atomic E-state index is 9.16. The monoisotopic (exact) mass is 126 g/mol. The standard InChI is InChI=1S/C8H14O/c1-3-7-5-8(9)4-6(7)2/h8-9H,3-5H2,1-2H3/t8-/m0/s1. The van der Waals surface area contributed by atoms with Crippen LogP contribution < -0.4 is 0 Å². The van der Waals surface area contributed by atoms with Gasteiger partial charge in [-0.15, -0.1) is 0 Å². The smallest absolute Gasteiger partial charge is 0.0614 e. The topological polar surface area (TPSA) is 20.2 Å². The van der Waals surface area contributed by atoms with Crippen LogP contribution in [0.15, 0.2) is 11.1 Å². The quantitative estimate of drug-likeness (QED) is 0.532. The van der Waals surface area contributed by atoms with E-state index in [-0.39, 0.29) is 6.10 Å². The fourth-order valence-corrected chi connectivity index (χ4v) is 1.47. The molecule has 1 aliphatic rings. The molecule has 1 heteroatoms. The van der Waals surface area contributed by atoms with Gasteiger partial charge >= 0.3 is 0 Å². The van der Waals surface area contributed by atoms with Crippen molar-refractivity contribution in [3.8, 4) is 0 Å². The Balaban J connectivity index is 2.58. The first kappa shape index (κ1) is 6.81. The Hall–Kier alpha value is -0.300. The summed E-state index contributed by atoms with van der Waals surface area (Å²) in [7, 11) is 0. The van der Waals surface area contributed by atoms with Gasteiger partial charge in [-0.05, 0) is 26.2 Å². The van der Waals surface area contributed by atoms with Crippen molar-refractivity contribution in [2.75, 3.05) is 0 Å². The summed E-state index contributed by atoms with van der Waals surface area (Å²) in [6.45, 7) is 4.27. The first-order valence-corrected chi connectivity index (χ1v) is 3.59. The molecule has 0 saturated heterocycles. The summed E-state index contributed by atoms with van der Waals surface area (Å²) in [5.74, 6) is 0. The molecule has 0 amide bonds. The van der Waals surface area contributed by atoms with Gasteiger partial charge in [0.15, 0.2) is 0 Å². The van der Waals surface area contributed by atoms with E-state index in [4.69, 9.17) is 5.11 Å². The second-order valence-corrected chi connectivity index (χ2v) is 2.80. The molecule has 0 bridgehead atoms. The first-order chi connectivity index (χ1) is 4.24. The van der Waals surface area contributed by atoms with E-state index >= 15 is 0 Å². The van der Waals surface area contributed by atoms with Gasteiger partial charge in [0.05, 0.1) is 6.10 Å². The summed E-state index contributed by atoms with van der Waals surface area (Å²) in [6, 6.07) is 0. The minimum atomic E-state index is -0.0695. The van der Waals surface area contributed by atoms with Crippen LogP contribution in [-0.2, 0) is 0 Å². The summed E-state index contributed by atoms with van der Waals surface area (Å²) in [4.78, 5) is 0. The Bertz CT molecular complexity index is 136. The summed E-state index contributed by atoms with van der Waals surface area (Å²) >= 11 is 0. The highest BCUT2D eigenvalue weighted by atomic mass is 16.3. The fourth-order valence-electron chi connectivity index (χ4n) is 1.47. The molecule has 52 valence electrons. The van der Waals surface area contributed by atoms with Crippen LogP contribution in [0.4, 0.5) is 0 Å². The molecule has 0 fully saturated rings. The molecule has 1 atom stereocenters. The molecule has 0 radical (unpaired) electrons. The van der Waals surface area contributed by atoms with Crippen molar-refractivity contribution in [1.29, 1.82) is 0 Å². The molecule has 0 spiro atoms. The average Bonchev–Trinajstić information content (AvgIpc) is 2.10. The van der Waals surface area contributed by atoms with Gasteiger partial charge in [0, 0.05) is 0 Å². The third kappa shape index (κ3) is 1.33. The largest absolute Gasteiger partial charge is 0.392 e. The Labute approximate surface area is 56.4 Å². The van der Waals surface area contributed by atoms with E-state index in [1.165, 1.54) is 11.1 Å². The first-order valence-electron chi connectivity index (χ1n) is 3.59. The van der Waals surface area contributed by atoms with Crippen molar-refractivity contribution in [3.63, 3.8) is 0 Å². The lowest BCUT2D eigenvalue weighted by atomic mass is 10.1. The van der Waals surface area contributed by atoms with Gasteiger partial charge in [0.2, 0.25) is 0 Å². The third-order valence-electron chi connectivity index (χ3n) is 2.05. The highest BCUT2D eigenvalue weighted by Gasteiger charge is 2.16. The van der Waals surface area contributed by atoms with E-state index in [0.717, 1.165) is 19.3 Å². The molecule has 1 N–H and O–H groups in total. The molecule has 0 aliphatic heterocycles. The van der Waals surface area contributed by atoms with Gasteiger partial charge in [0.1, 0.15) is 0 Å². The van der Waals surface area contributed by atoms with Crippen LogP contribution in [0.1, 0.15) is 33.1 Å². The second kappa shape index (κ2) is 2.53. The zero-order valence-electron chi connectivity index (χ0n) is 6.15. The van der Waals surface area contributed by atoms with Crippen LogP contribution in [0.2, 0.25) is 0 Å².